The number of rotatable bonds is 9. The highest BCUT2D eigenvalue weighted by molar-refractivity contribution is 6.31. The second-order valence-electron chi connectivity index (χ2n) is 8.81. The summed E-state index contributed by atoms with van der Waals surface area (Å²) in [4.78, 5) is 6.76. The highest BCUT2D eigenvalue weighted by Crippen LogP contribution is 2.29. The third-order valence-corrected chi connectivity index (χ3v) is 7.00. The van der Waals surface area contributed by atoms with Crippen LogP contribution in [-0.2, 0) is 11.3 Å². The van der Waals surface area contributed by atoms with Crippen LogP contribution >= 0.6 is 23.2 Å². The minimum atomic E-state index is 0.0470. The van der Waals surface area contributed by atoms with E-state index < -0.39 is 0 Å². The van der Waals surface area contributed by atoms with Crippen LogP contribution in [0.15, 0.2) is 77.2 Å². The molecule has 2 heterocycles. The first-order valence-corrected chi connectivity index (χ1v) is 13.0. The van der Waals surface area contributed by atoms with Gasteiger partial charge in [-0.3, -0.25) is 4.90 Å². The quantitative estimate of drug-likeness (QED) is 0.252. The number of halogens is 2. The van der Waals surface area contributed by atoms with Crippen molar-refractivity contribution in [2.45, 2.75) is 12.6 Å². The summed E-state index contributed by atoms with van der Waals surface area (Å²) in [5.74, 6) is 1.39. The van der Waals surface area contributed by atoms with Crippen LogP contribution < -0.4 is 10.1 Å². The molecule has 0 bridgehead atoms. The maximum absolute atomic E-state index is 9.70. The second kappa shape index (κ2) is 12.3. The van der Waals surface area contributed by atoms with Crippen LogP contribution in [0.25, 0.3) is 11.5 Å². The predicted octanol–water partition coefficient (Wildman–Crippen LogP) is 6.58. The molecule has 0 unspecified atom stereocenters. The molecule has 38 heavy (non-hydrogen) atoms. The Morgan fingerprint density at radius 2 is 1.74 bits per heavy atom. The van der Waals surface area contributed by atoms with Crippen molar-refractivity contribution in [3.63, 3.8) is 0 Å². The van der Waals surface area contributed by atoms with Crippen LogP contribution in [0.5, 0.6) is 5.75 Å². The molecular formula is C29H26Cl2N4O3. The highest BCUT2D eigenvalue weighted by Gasteiger charge is 2.24. The normalized spacial score (nSPS) is 14.6. The maximum Gasteiger partial charge on any atom is 0.232 e. The van der Waals surface area contributed by atoms with Gasteiger partial charge in [-0.25, -0.2) is 0 Å². The van der Waals surface area contributed by atoms with Gasteiger partial charge in [0.25, 0.3) is 0 Å². The smallest absolute Gasteiger partial charge is 0.232 e. The van der Waals surface area contributed by atoms with Gasteiger partial charge in [0.2, 0.25) is 17.5 Å². The van der Waals surface area contributed by atoms with E-state index in [9.17, 15) is 5.26 Å². The average molecular weight is 549 g/mol. The van der Waals surface area contributed by atoms with Crippen LogP contribution in [0.1, 0.15) is 22.9 Å². The van der Waals surface area contributed by atoms with Gasteiger partial charge < -0.3 is 19.2 Å². The van der Waals surface area contributed by atoms with Crippen molar-refractivity contribution in [1.29, 1.82) is 5.26 Å². The van der Waals surface area contributed by atoms with E-state index in [2.05, 4.69) is 21.3 Å². The van der Waals surface area contributed by atoms with E-state index in [1.807, 2.05) is 72.8 Å². The van der Waals surface area contributed by atoms with Crippen LogP contribution in [0.4, 0.5) is 5.88 Å². The van der Waals surface area contributed by atoms with Gasteiger partial charge in [-0.2, -0.15) is 10.2 Å². The Bertz CT molecular complexity index is 1390. The number of hydrogen-bond donors (Lipinski definition) is 1. The molecule has 0 saturated carbocycles. The number of morpholine rings is 1. The Balaban J connectivity index is 1.28. The molecule has 1 aromatic heterocycles. The molecule has 7 nitrogen and oxygen atoms in total. The van der Waals surface area contributed by atoms with E-state index in [0.717, 1.165) is 29.8 Å². The van der Waals surface area contributed by atoms with Gasteiger partial charge in [0, 0.05) is 40.8 Å². The number of nitrogens with one attached hydrogen (secondary N) is 1. The van der Waals surface area contributed by atoms with Crippen molar-refractivity contribution in [2.24, 2.45) is 0 Å². The molecular weight excluding hydrogens is 523 g/mol. The summed E-state index contributed by atoms with van der Waals surface area (Å²) in [6.07, 6.45) is 0. The lowest BCUT2D eigenvalue weighted by Gasteiger charge is -2.34. The molecule has 0 amide bonds. The fourth-order valence-corrected chi connectivity index (χ4v) is 4.65. The van der Waals surface area contributed by atoms with Crippen molar-refractivity contribution in [3.05, 3.63) is 99.7 Å². The minimum absolute atomic E-state index is 0.0470. The highest BCUT2D eigenvalue weighted by atomic mass is 35.5. The summed E-state index contributed by atoms with van der Waals surface area (Å²) >= 11 is 12.3. The zero-order valence-electron chi connectivity index (χ0n) is 20.6. The van der Waals surface area contributed by atoms with Gasteiger partial charge in [-0.1, -0.05) is 53.5 Å². The van der Waals surface area contributed by atoms with Crippen LogP contribution in [0.3, 0.4) is 0 Å². The summed E-state index contributed by atoms with van der Waals surface area (Å²) in [6, 6.07) is 25.0. The largest absolute Gasteiger partial charge is 0.489 e. The minimum Gasteiger partial charge on any atom is -0.489 e. The second-order valence-corrected chi connectivity index (χ2v) is 9.65. The van der Waals surface area contributed by atoms with Gasteiger partial charge in [0.1, 0.15) is 18.4 Å². The summed E-state index contributed by atoms with van der Waals surface area (Å²) < 4.78 is 17.4. The van der Waals surface area contributed by atoms with Gasteiger partial charge >= 0.3 is 0 Å². The topological polar surface area (TPSA) is 83.5 Å². The SMILES string of the molecule is N#Cc1nc(-c2ccc(OCc3ccccc3Cl)cc2)oc1NC[C@@H](c1ccc(Cl)cc1)N1CCOCC1. The van der Waals surface area contributed by atoms with Crippen LogP contribution in [0.2, 0.25) is 10.0 Å². The van der Waals surface area contributed by atoms with Gasteiger partial charge in [0.15, 0.2) is 0 Å². The number of oxazole rings is 1. The lowest BCUT2D eigenvalue weighted by Crippen LogP contribution is -2.41. The van der Waals surface area contributed by atoms with E-state index in [1.54, 1.807) is 0 Å². The average Bonchev–Trinajstić information content (AvgIpc) is 3.38. The van der Waals surface area contributed by atoms with E-state index in [1.165, 1.54) is 0 Å². The van der Waals surface area contributed by atoms with E-state index in [4.69, 9.17) is 37.1 Å². The molecule has 1 aliphatic heterocycles. The van der Waals surface area contributed by atoms with Gasteiger partial charge in [-0.05, 0) is 48.0 Å². The summed E-state index contributed by atoms with van der Waals surface area (Å²) in [6.45, 7) is 3.87. The predicted molar refractivity (Wildman–Crippen MR) is 148 cm³/mol. The number of nitriles is 1. The van der Waals surface area contributed by atoms with Crippen molar-refractivity contribution in [2.75, 3.05) is 38.2 Å². The molecule has 0 radical (unpaired) electrons. The Morgan fingerprint density at radius 1 is 1.00 bits per heavy atom. The molecule has 194 valence electrons. The zero-order chi connectivity index (χ0) is 26.3. The summed E-state index contributed by atoms with van der Waals surface area (Å²) in [5, 5.41) is 14.4. The first kappa shape index (κ1) is 26.1. The molecule has 1 atom stereocenters. The van der Waals surface area contributed by atoms with Crippen molar-refractivity contribution in [1.82, 2.24) is 9.88 Å². The van der Waals surface area contributed by atoms with E-state index >= 15 is 0 Å². The molecule has 1 fully saturated rings. The Morgan fingerprint density at radius 3 is 2.45 bits per heavy atom. The third-order valence-electron chi connectivity index (χ3n) is 6.38. The molecule has 0 aliphatic carbocycles. The lowest BCUT2D eigenvalue weighted by molar-refractivity contribution is 0.0186. The molecule has 1 saturated heterocycles. The van der Waals surface area contributed by atoms with E-state index in [0.29, 0.717) is 53.9 Å². The number of hydrogen-bond acceptors (Lipinski definition) is 7. The monoisotopic (exact) mass is 548 g/mol. The van der Waals surface area contributed by atoms with Crippen LogP contribution in [-0.4, -0.2) is 42.7 Å². The van der Waals surface area contributed by atoms with Crippen LogP contribution in [0, 0.1) is 11.3 Å². The van der Waals surface area contributed by atoms with Crippen molar-refractivity contribution < 1.29 is 13.9 Å². The maximum atomic E-state index is 9.70. The first-order chi connectivity index (χ1) is 18.6. The number of ether oxygens (including phenoxy) is 2. The Kier molecular flexibility index (Phi) is 8.47. The molecule has 4 aromatic rings. The molecule has 9 heteroatoms. The molecule has 1 N–H and O–H groups in total. The molecule has 0 spiro atoms. The van der Waals surface area contributed by atoms with Crippen molar-refractivity contribution in [3.8, 4) is 23.3 Å². The fraction of sp³-hybridized carbons (Fsp3) is 0.241. The van der Waals surface area contributed by atoms with E-state index in [-0.39, 0.29) is 11.7 Å². The number of aromatic nitrogens is 1. The number of anilines is 1. The standard InChI is InChI=1S/C29H26Cl2N4O3/c30-23-9-5-20(6-10-23)27(35-13-15-36-16-14-35)18-33-29-26(17-32)34-28(38-29)21-7-11-24(12-8-21)37-19-22-3-1-2-4-25(22)31/h1-12,27,33H,13-16,18-19H2/t27-/m0/s1. The number of benzene rings is 3. The Hall–Kier alpha value is -3.54. The summed E-state index contributed by atoms with van der Waals surface area (Å²) in [5.41, 5.74) is 2.97. The van der Waals surface area contributed by atoms with Crippen molar-refractivity contribution >= 4 is 29.1 Å². The van der Waals surface area contributed by atoms with Gasteiger partial charge in [0.05, 0.1) is 19.3 Å². The third kappa shape index (κ3) is 6.29. The molecule has 1 aliphatic rings. The fourth-order valence-electron chi connectivity index (χ4n) is 4.33. The summed E-state index contributed by atoms with van der Waals surface area (Å²) in [7, 11) is 0. The molecule has 5 rings (SSSR count). The Labute approximate surface area is 231 Å². The molecule has 3 aromatic carbocycles. The lowest BCUT2D eigenvalue weighted by atomic mass is 10.0. The first-order valence-electron chi connectivity index (χ1n) is 12.3. The zero-order valence-corrected chi connectivity index (χ0v) is 22.1. The van der Waals surface area contributed by atoms with Gasteiger partial charge in [-0.15, -0.1) is 0 Å². The number of nitrogens with zero attached hydrogens (tertiary/aromatic N) is 3.